The van der Waals surface area contributed by atoms with Gasteiger partial charge in [0.1, 0.15) is 12.7 Å². The van der Waals surface area contributed by atoms with Crippen LogP contribution in [-0.4, -0.2) is 48.2 Å². The standard InChI is InChI=1S/C10H14N10O/c11-19-9-16-8(15-6-1-2-7(21)13-3-6)17-10(18-9)20-5-12-4-14-20/h4-6H,1-3,11H2,(H,13,21)(H2,15,16,17,18,19). The quantitative estimate of drug-likeness (QED) is 0.387. The van der Waals surface area contributed by atoms with Crippen molar-refractivity contribution in [1.29, 1.82) is 0 Å². The fourth-order valence-corrected chi connectivity index (χ4v) is 1.95. The average molecular weight is 290 g/mol. The molecule has 0 aliphatic carbocycles. The lowest BCUT2D eigenvalue weighted by Crippen LogP contribution is -2.42. The van der Waals surface area contributed by atoms with E-state index in [1.165, 1.54) is 17.3 Å². The lowest BCUT2D eigenvalue weighted by Gasteiger charge is -2.23. The molecule has 3 rings (SSSR count). The van der Waals surface area contributed by atoms with E-state index < -0.39 is 0 Å². The molecule has 0 spiro atoms. The third kappa shape index (κ3) is 3.02. The summed E-state index contributed by atoms with van der Waals surface area (Å²) in [5.41, 5.74) is 2.38. The fraction of sp³-hybridized carbons (Fsp3) is 0.400. The summed E-state index contributed by atoms with van der Waals surface area (Å²) in [5, 5.41) is 9.89. The first kappa shape index (κ1) is 13.2. The summed E-state index contributed by atoms with van der Waals surface area (Å²) < 4.78 is 1.40. The number of hydrazine groups is 1. The molecule has 0 bridgehead atoms. The van der Waals surface area contributed by atoms with Gasteiger partial charge in [-0.1, -0.05) is 0 Å². The Morgan fingerprint density at radius 3 is 2.86 bits per heavy atom. The van der Waals surface area contributed by atoms with Crippen molar-refractivity contribution in [2.75, 3.05) is 17.3 Å². The molecule has 1 atom stereocenters. The summed E-state index contributed by atoms with van der Waals surface area (Å²) >= 11 is 0. The van der Waals surface area contributed by atoms with Crippen molar-refractivity contribution in [3.05, 3.63) is 12.7 Å². The van der Waals surface area contributed by atoms with Crippen molar-refractivity contribution >= 4 is 17.8 Å². The highest BCUT2D eigenvalue weighted by Gasteiger charge is 2.19. The molecule has 3 heterocycles. The van der Waals surface area contributed by atoms with Crippen LogP contribution in [0.5, 0.6) is 0 Å². The van der Waals surface area contributed by atoms with Crippen LogP contribution in [0.25, 0.3) is 5.95 Å². The number of nitrogens with two attached hydrogens (primary N) is 1. The molecule has 2 aromatic heterocycles. The zero-order chi connectivity index (χ0) is 14.7. The molecule has 21 heavy (non-hydrogen) atoms. The van der Waals surface area contributed by atoms with Gasteiger partial charge in [0.05, 0.1) is 0 Å². The minimum Gasteiger partial charge on any atom is -0.354 e. The molecule has 1 unspecified atom stereocenters. The van der Waals surface area contributed by atoms with Gasteiger partial charge in [-0.25, -0.2) is 10.8 Å². The minimum atomic E-state index is 0.0521. The number of nitrogen functional groups attached to an aromatic ring is 1. The van der Waals surface area contributed by atoms with Gasteiger partial charge in [0.15, 0.2) is 0 Å². The van der Waals surface area contributed by atoms with Crippen LogP contribution in [0.3, 0.4) is 0 Å². The minimum absolute atomic E-state index is 0.0521. The molecule has 0 radical (unpaired) electrons. The van der Waals surface area contributed by atoms with Crippen molar-refractivity contribution in [2.24, 2.45) is 5.84 Å². The Bertz CT molecular complexity index is 617. The number of piperidine rings is 1. The number of nitrogens with zero attached hydrogens (tertiary/aromatic N) is 6. The molecule has 2 aromatic rings. The van der Waals surface area contributed by atoms with Crippen LogP contribution in [0, 0.1) is 0 Å². The third-order valence-corrected chi connectivity index (χ3v) is 2.98. The van der Waals surface area contributed by atoms with Gasteiger partial charge < -0.3 is 10.6 Å². The highest BCUT2D eigenvalue weighted by Crippen LogP contribution is 2.12. The maximum absolute atomic E-state index is 11.1. The Hall–Kier alpha value is -2.82. The highest BCUT2D eigenvalue weighted by molar-refractivity contribution is 5.76. The van der Waals surface area contributed by atoms with E-state index in [0.717, 1.165) is 0 Å². The van der Waals surface area contributed by atoms with Gasteiger partial charge >= 0.3 is 0 Å². The predicted molar refractivity (Wildman–Crippen MR) is 72.2 cm³/mol. The molecule has 1 aliphatic rings. The van der Waals surface area contributed by atoms with Crippen LogP contribution < -0.4 is 21.9 Å². The average Bonchev–Trinajstić information content (AvgIpc) is 3.04. The molecule has 1 fully saturated rings. The van der Waals surface area contributed by atoms with Crippen LogP contribution in [0.4, 0.5) is 11.9 Å². The molecular weight excluding hydrogens is 276 g/mol. The Balaban J connectivity index is 1.81. The van der Waals surface area contributed by atoms with Crippen molar-refractivity contribution in [3.8, 4) is 5.95 Å². The van der Waals surface area contributed by atoms with Crippen molar-refractivity contribution in [3.63, 3.8) is 0 Å². The second-order valence-electron chi connectivity index (χ2n) is 4.45. The number of hydrogen-bond acceptors (Lipinski definition) is 9. The van der Waals surface area contributed by atoms with Gasteiger partial charge in [0.2, 0.25) is 17.8 Å². The smallest absolute Gasteiger partial charge is 0.258 e. The van der Waals surface area contributed by atoms with Crippen LogP contribution in [0.2, 0.25) is 0 Å². The zero-order valence-corrected chi connectivity index (χ0v) is 11.0. The Kier molecular flexibility index (Phi) is 3.55. The number of anilines is 2. The van der Waals surface area contributed by atoms with E-state index in [-0.39, 0.29) is 23.8 Å². The molecule has 0 saturated carbocycles. The second kappa shape index (κ2) is 5.66. The van der Waals surface area contributed by atoms with Gasteiger partial charge in [-0.2, -0.15) is 24.7 Å². The van der Waals surface area contributed by atoms with Gasteiger partial charge in [0, 0.05) is 19.0 Å². The van der Waals surface area contributed by atoms with Crippen LogP contribution in [-0.2, 0) is 4.79 Å². The maximum atomic E-state index is 11.1. The summed E-state index contributed by atoms with van der Waals surface area (Å²) in [7, 11) is 0. The van der Waals surface area contributed by atoms with Crippen molar-refractivity contribution in [2.45, 2.75) is 18.9 Å². The van der Waals surface area contributed by atoms with E-state index in [4.69, 9.17) is 5.84 Å². The Labute approximate surface area is 119 Å². The van der Waals surface area contributed by atoms with E-state index in [0.29, 0.717) is 25.3 Å². The van der Waals surface area contributed by atoms with Crippen molar-refractivity contribution in [1.82, 2.24) is 35.0 Å². The number of hydrogen-bond donors (Lipinski definition) is 4. The first-order chi connectivity index (χ1) is 10.2. The van der Waals surface area contributed by atoms with E-state index in [1.54, 1.807) is 0 Å². The SMILES string of the molecule is NNc1nc(NC2CCC(=O)NC2)nc(-n2cncn2)n1. The van der Waals surface area contributed by atoms with Gasteiger partial charge in [-0.15, -0.1) is 0 Å². The topological polar surface area (TPSA) is 149 Å². The number of carbonyl (C=O) groups is 1. The summed E-state index contributed by atoms with van der Waals surface area (Å²) in [6, 6.07) is 0.0549. The lowest BCUT2D eigenvalue weighted by molar-refractivity contribution is -0.122. The van der Waals surface area contributed by atoms with E-state index in [9.17, 15) is 4.79 Å². The zero-order valence-electron chi connectivity index (χ0n) is 11.0. The third-order valence-electron chi connectivity index (χ3n) is 2.98. The number of aromatic nitrogens is 6. The first-order valence-electron chi connectivity index (χ1n) is 6.35. The van der Waals surface area contributed by atoms with Crippen LogP contribution in [0.15, 0.2) is 12.7 Å². The van der Waals surface area contributed by atoms with Gasteiger partial charge in [-0.05, 0) is 6.42 Å². The predicted octanol–water partition coefficient (Wildman–Crippen LogP) is -1.57. The molecule has 1 amide bonds. The summed E-state index contributed by atoms with van der Waals surface area (Å²) in [6.45, 7) is 0.522. The van der Waals surface area contributed by atoms with Gasteiger partial charge in [0.25, 0.3) is 5.95 Å². The molecule has 1 aliphatic heterocycles. The summed E-state index contributed by atoms with van der Waals surface area (Å²) in [5.74, 6) is 6.26. The molecule has 11 heteroatoms. The number of amides is 1. The number of carbonyl (C=O) groups excluding carboxylic acids is 1. The number of rotatable bonds is 4. The van der Waals surface area contributed by atoms with Gasteiger partial charge in [-0.3, -0.25) is 10.2 Å². The van der Waals surface area contributed by atoms with Crippen LogP contribution in [0.1, 0.15) is 12.8 Å². The maximum Gasteiger partial charge on any atom is 0.258 e. The van der Waals surface area contributed by atoms with E-state index in [1.807, 2.05) is 0 Å². The molecule has 1 saturated heterocycles. The molecule has 110 valence electrons. The van der Waals surface area contributed by atoms with E-state index in [2.05, 4.69) is 41.1 Å². The van der Waals surface area contributed by atoms with E-state index >= 15 is 0 Å². The fourth-order valence-electron chi connectivity index (χ4n) is 1.95. The molecular formula is C10H14N10O. The van der Waals surface area contributed by atoms with Crippen LogP contribution >= 0.6 is 0 Å². The number of nitrogens with one attached hydrogen (secondary N) is 3. The monoisotopic (exact) mass is 290 g/mol. The lowest BCUT2D eigenvalue weighted by atomic mass is 10.1. The molecule has 11 nitrogen and oxygen atoms in total. The normalized spacial score (nSPS) is 18.1. The summed E-state index contributed by atoms with van der Waals surface area (Å²) in [4.78, 5) is 27.5. The Morgan fingerprint density at radius 2 is 2.19 bits per heavy atom. The highest BCUT2D eigenvalue weighted by atomic mass is 16.1. The largest absolute Gasteiger partial charge is 0.354 e. The Morgan fingerprint density at radius 1 is 1.33 bits per heavy atom. The summed E-state index contributed by atoms with van der Waals surface area (Å²) in [6.07, 6.45) is 4.03. The molecule has 0 aromatic carbocycles. The first-order valence-corrected chi connectivity index (χ1v) is 6.35. The second-order valence-corrected chi connectivity index (χ2v) is 4.45. The van der Waals surface area contributed by atoms with Crippen molar-refractivity contribution < 1.29 is 4.79 Å². The molecule has 5 N–H and O–H groups in total.